The maximum absolute atomic E-state index is 11.6. The monoisotopic (exact) mass is 260 g/mol. The number of nitro groups is 1. The average molecular weight is 260 g/mol. The van der Waals surface area contributed by atoms with Gasteiger partial charge in [-0.05, 0) is 13.0 Å². The fourth-order valence-corrected chi connectivity index (χ4v) is 2.26. The van der Waals surface area contributed by atoms with E-state index in [1.54, 1.807) is 0 Å². The summed E-state index contributed by atoms with van der Waals surface area (Å²) in [5.74, 6) is 0. The quantitative estimate of drug-likeness (QED) is 0.579. The van der Waals surface area contributed by atoms with Crippen molar-refractivity contribution in [1.82, 2.24) is 4.72 Å². The largest absolute Gasteiger partial charge is 0.395 e. The molecule has 0 saturated carbocycles. The average Bonchev–Trinajstić information content (AvgIpc) is 2.26. The van der Waals surface area contributed by atoms with Gasteiger partial charge in [-0.2, -0.15) is 0 Å². The third-order valence-electron chi connectivity index (χ3n) is 2.09. The summed E-state index contributed by atoms with van der Waals surface area (Å²) in [4.78, 5) is 9.84. The Morgan fingerprint density at radius 2 is 2.12 bits per heavy atom. The van der Waals surface area contributed by atoms with Crippen LogP contribution >= 0.6 is 0 Å². The molecule has 0 bridgehead atoms. The summed E-state index contributed by atoms with van der Waals surface area (Å²) < 4.78 is 25.4. The van der Waals surface area contributed by atoms with E-state index in [0.717, 1.165) is 6.07 Å². The third kappa shape index (κ3) is 3.22. The van der Waals surface area contributed by atoms with Gasteiger partial charge in [0.05, 0.1) is 16.4 Å². The molecule has 7 nitrogen and oxygen atoms in total. The van der Waals surface area contributed by atoms with Crippen LogP contribution in [0.25, 0.3) is 0 Å². The molecule has 0 unspecified atom stereocenters. The van der Waals surface area contributed by atoms with E-state index in [1.165, 1.54) is 19.1 Å². The second kappa shape index (κ2) is 5.21. The zero-order valence-electron chi connectivity index (χ0n) is 9.08. The molecule has 2 N–H and O–H groups in total. The van der Waals surface area contributed by atoms with E-state index in [2.05, 4.69) is 4.72 Å². The highest BCUT2D eigenvalue weighted by molar-refractivity contribution is 7.89. The van der Waals surface area contributed by atoms with Crippen molar-refractivity contribution in [2.75, 3.05) is 13.2 Å². The van der Waals surface area contributed by atoms with E-state index in [0.29, 0.717) is 5.56 Å². The molecular formula is C9H12N2O5S. The molecule has 0 amide bonds. The van der Waals surface area contributed by atoms with Gasteiger partial charge in [0.2, 0.25) is 10.0 Å². The predicted octanol–water partition coefficient (Wildman–Crippen LogP) is 0.174. The standard InChI is InChI=1S/C9H12N2O5S/c1-7-2-3-8(6-9(7)11(13)14)17(15,16)10-4-5-12/h2-3,6,10,12H,4-5H2,1H3. The molecule has 94 valence electrons. The number of hydrogen-bond acceptors (Lipinski definition) is 5. The van der Waals surface area contributed by atoms with E-state index in [-0.39, 0.29) is 23.7 Å². The Kier molecular flexibility index (Phi) is 4.16. The highest BCUT2D eigenvalue weighted by atomic mass is 32.2. The van der Waals surface area contributed by atoms with Gasteiger partial charge in [-0.1, -0.05) is 6.07 Å². The van der Waals surface area contributed by atoms with Crippen molar-refractivity contribution in [1.29, 1.82) is 0 Å². The number of hydrogen-bond donors (Lipinski definition) is 2. The van der Waals surface area contributed by atoms with E-state index >= 15 is 0 Å². The molecule has 8 heteroatoms. The Hall–Kier alpha value is -1.51. The van der Waals surface area contributed by atoms with Crippen molar-refractivity contribution in [2.24, 2.45) is 0 Å². The summed E-state index contributed by atoms with van der Waals surface area (Å²) in [5.41, 5.74) is 0.132. The topological polar surface area (TPSA) is 110 Å². The molecule has 0 heterocycles. The minimum atomic E-state index is -3.81. The van der Waals surface area contributed by atoms with Crippen molar-refractivity contribution in [3.63, 3.8) is 0 Å². The summed E-state index contributed by atoms with van der Waals surface area (Å²) in [6.45, 7) is 1.05. The van der Waals surface area contributed by atoms with Gasteiger partial charge < -0.3 is 5.11 Å². The normalized spacial score (nSPS) is 11.4. The third-order valence-corrected chi connectivity index (χ3v) is 3.55. The lowest BCUT2D eigenvalue weighted by molar-refractivity contribution is -0.385. The molecule has 0 aromatic heterocycles. The van der Waals surface area contributed by atoms with Crippen molar-refractivity contribution in [3.8, 4) is 0 Å². The van der Waals surface area contributed by atoms with E-state index in [4.69, 9.17) is 5.11 Å². The summed E-state index contributed by atoms with van der Waals surface area (Å²) in [7, 11) is -3.81. The van der Waals surface area contributed by atoms with Crippen LogP contribution in [-0.2, 0) is 10.0 Å². The minimum Gasteiger partial charge on any atom is -0.395 e. The molecular weight excluding hydrogens is 248 g/mol. The number of aliphatic hydroxyl groups excluding tert-OH is 1. The number of aryl methyl sites for hydroxylation is 1. The summed E-state index contributed by atoms with van der Waals surface area (Å²) in [6, 6.07) is 3.64. The molecule has 0 atom stereocenters. The Bertz CT molecular complexity index is 526. The maximum Gasteiger partial charge on any atom is 0.273 e. The Morgan fingerprint density at radius 1 is 1.47 bits per heavy atom. The fraction of sp³-hybridized carbons (Fsp3) is 0.333. The van der Waals surface area contributed by atoms with Crippen LogP contribution in [0.2, 0.25) is 0 Å². The van der Waals surface area contributed by atoms with Gasteiger partial charge in [0.25, 0.3) is 5.69 Å². The number of rotatable bonds is 5. The molecule has 0 fully saturated rings. The minimum absolute atomic E-state index is 0.135. The van der Waals surface area contributed by atoms with Gasteiger partial charge in [-0.25, -0.2) is 13.1 Å². The van der Waals surface area contributed by atoms with Crippen LogP contribution in [-0.4, -0.2) is 31.6 Å². The molecule has 1 aromatic carbocycles. The van der Waals surface area contributed by atoms with Crippen molar-refractivity contribution in [2.45, 2.75) is 11.8 Å². The molecule has 0 spiro atoms. The number of aliphatic hydroxyl groups is 1. The lowest BCUT2D eigenvalue weighted by Crippen LogP contribution is -2.26. The second-order valence-corrected chi connectivity index (χ2v) is 5.09. The summed E-state index contributed by atoms with van der Waals surface area (Å²) in [5, 5.41) is 19.2. The predicted molar refractivity (Wildman–Crippen MR) is 60.1 cm³/mol. The molecule has 0 saturated heterocycles. The van der Waals surface area contributed by atoms with Gasteiger partial charge >= 0.3 is 0 Å². The second-order valence-electron chi connectivity index (χ2n) is 3.33. The van der Waals surface area contributed by atoms with E-state index in [9.17, 15) is 18.5 Å². The van der Waals surface area contributed by atoms with Gasteiger partial charge in [-0.3, -0.25) is 10.1 Å². The summed E-state index contributed by atoms with van der Waals surface area (Å²) in [6.07, 6.45) is 0. The number of sulfonamides is 1. The van der Waals surface area contributed by atoms with Gasteiger partial charge in [0.1, 0.15) is 0 Å². The van der Waals surface area contributed by atoms with Crippen molar-refractivity contribution >= 4 is 15.7 Å². The Morgan fingerprint density at radius 3 is 2.65 bits per heavy atom. The lowest BCUT2D eigenvalue weighted by atomic mass is 10.2. The fourth-order valence-electron chi connectivity index (χ4n) is 1.22. The smallest absolute Gasteiger partial charge is 0.273 e. The van der Waals surface area contributed by atoms with Crippen molar-refractivity contribution in [3.05, 3.63) is 33.9 Å². The van der Waals surface area contributed by atoms with Crippen molar-refractivity contribution < 1.29 is 18.4 Å². The van der Waals surface area contributed by atoms with E-state index < -0.39 is 14.9 Å². The highest BCUT2D eigenvalue weighted by Crippen LogP contribution is 2.21. The number of nitrogens with zero attached hydrogens (tertiary/aromatic N) is 1. The first-order valence-corrected chi connectivity index (χ1v) is 6.22. The molecule has 0 aliphatic carbocycles. The van der Waals surface area contributed by atoms with Gasteiger partial charge in [-0.15, -0.1) is 0 Å². The van der Waals surface area contributed by atoms with Gasteiger partial charge in [0, 0.05) is 18.2 Å². The molecule has 0 aliphatic heterocycles. The van der Waals surface area contributed by atoms with Crippen LogP contribution in [0.5, 0.6) is 0 Å². The Balaban J connectivity index is 3.16. The SMILES string of the molecule is Cc1ccc(S(=O)(=O)NCCO)cc1[N+](=O)[O-]. The van der Waals surface area contributed by atoms with Crippen LogP contribution in [0.3, 0.4) is 0 Å². The first-order valence-electron chi connectivity index (χ1n) is 4.74. The zero-order chi connectivity index (χ0) is 13.1. The highest BCUT2D eigenvalue weighted by Gasteiger charge is 2.18. The number of nitrogens with one attached hydrogen (secondary N) is 1. The zero-order valence-corrected chi connectivity index (χ0v) is 9.90. The first-order chi connectivity index (χ1) is 7.88. The molecule has 1 aromatic rings. The van der Waals surface area contributed by atoms with Crippen LogP contribution in [0, 0.1) is 17.0 Å². The van der Waals surface area contributed by atoms with Gasteiger partial charge in [0.15, 0.2) is 0 Å². The van der Waals surface area contributed by atoms with Crippen LogP contribution < -0.4 is 4.72 Å². The molecule has 0 aliphatic rings. The number of benzene rings is 1. The molecule has 1 rings (SSSR count). The molecule has 17 heavy (non-hydrogen) atoms. The summed E-state index contributed by atoms with van der Waals surface area (Å²) >= 11 is 0. The maximum atomic E-state index is 11.6. The lowest BCUT2D eigenvalue weighted by Gasteiger charge is -2.05. The first kappa shape index (κ1) is 13.6. The van der Waals surface area contributed by atoms with Crippen LogP contribution in [0.1, 0.15) is 5.56 Å². The van der Waals surface area contributed by atoms with E-state index in [1.807, 2.05) is 0 Å². The number of nitro benzene ring substituents is 1. The van der Waals surface area contributed by atoms with Crippen LogP contribution in [0.15, 0.2) is 23.1 Å². The van der Waals surface area contributed by atoms with Crippen LogP contribution in [0.4, 0.5) is 5.69 Å². The Labute approximate surface area is 98.3 Å². The molecule has 0 radical (unpaired) electrons.